The third-order valence-corrected chi connectivity index (χ3v) is 1.94. The van der Waals surface area contributed by atoms with E-state index in [9.17, 15) is 19.8 Å². The molecule has 1 saturated heterocycles. The second-order valence-corrected chi connectivity index (χ2v) is 3.05. The largest absolute Gasteiger partial charge is 0.530 e. The predicted molar refractivity (Wildman–Crippen MR) is 40.6 cm³/mol. The van der Waals surface area contributed by atoms with Gasteiger partial charge in [-0.3, -0.25) is 4.79 Å². The number of carbonyl (C=O) groups is 2. The van der Waals surface area contributed by atoms with E-state index in [2.05, 4.69) is 5.32 Å². The quantitative estimate of drug-likeness (QED) is 0.475. The van der Waals surface area contributed by atoms with Crippen LogP contribution in [0.1, 0.15) is 6.92 Å². The van der Waals surface area contributed by atoms with Crippen LogP contribution in [0, 0.1) is 0 Å². The van der Waals surface area contributed by atoms with Crippen molar-refractivity contribution in [3.05, 3.63) is 0 Å². The Labute approximate surface area is 75.1 Å². The summed E-state index contributed by atoms with van der Waals surface area (Å²) in [7, 11) is 0. The lowest BCUT2D eigenvalue weighted by Crippen LogP contribution is -2.43. The van der Waals surface area contributed by atoms with E-state index in [1.807, 2.05) is 0 Å². The van der Waals surface area contributed by atoms with Crippen LogP contribution >= 0.6 is 0 Å². The Bertz CT molecular complexity index is 231. The lowest BCUT2D eigenvalue weighted by atomic mass is 10.2. The lowest BCUT2D eigenvalue weighted by Gasteiger charge is -2.17. The minimum absolute atomic E-state index is 0.00667. The first kappa shape index (κ1) is 9.79. The van der Waals surface area contributed by atoms with Crippen LogP contribution in [0.2, 0.25) is 0 Å². The molecule has 74 valence electrons. The fraction of sp³-hybridized carbons (Fsp3) is 0.714. The van der Waals surface area contributed by atoms with Crippen molar-refractivity contribution in [1.29, 1.82) is 0 Å². The van der Waals surface area contributed by atoms with Gasteiger partial charge in [0, 0.05) is 20.0 Å². The highest BCUT2D eigenvalue weighted by molar-refractivity contribution is 5.73. The van der Waals surface area contributed by atoms with Crippen molar-refractivity contribution in [2.75, 3.05) is 13.1 Å². The zero-order chi connectivity index (χ0) is 10.0. The number of carboxylic acid groups (broad SMARTS) is 1. The summed E-state index contributed by atoms with van der Waals surface area (Å²) in [6.45, 7) is 1.39. The van der Waals surface area contributed by atoms with Crippen LogP contribution in [0.15, 0.2) is 0 Å². The van der Waals surface area contributed by atoms with Gasteiger partial charge in [0.2, 0.25) is 5.91 Å². The molecule has 2 N–H and O–H groups in total. The zero-order valence-corrected chi connectivity index (χ0v) is 7.19. The summed E-state index contributed by atoms with van der Waals surface area (Å²) >= 11 is 0. The van der Waals surface area contributed by atoms with E-state index < -0.39 is 18.2 Å². The molecule has 0 radical (unpaired) electrons. The average Bonchev–Trinajstić information content (AvgIpc) is 2.31. The van der Waals surface area contributed by atoms with Crippen LogP contribution < -0.4 is 10.4 Å². The van der Waals surface area contributed by atoms with Gasteiger partial charge in [0.1, 0.15) is 6.09 Å². The molecule has 1 rings (SSSR count). The fourth-order valence-electron chi connectivity index (χ4n) is 1.34. The van der Waals surface area contributed by atoms with Crippen LogP contribution in [0.25, 0.3) is 0 Å². The highest BCUT2D eigenvalue weighted by atomic mass is 16.4. The minimum Gasteiger partial charge on any atom is -0.530 e. The molecule has 0 spiro atoms. The first-order valence-electron chi connectivity index (χ1n) is 3.92. The molecule has 1 aliphatic heterocycles. The normalized spacial score (nSPS) is 27.4. The molecule has 2 atom stereocenters. The number of likely N-dealkylation sites (tertiary alicyclic amines) is 1. The van der Waals surface area contributed by atoms with E-state index in [4.69, 9.17) is 0 Å². The lowest BCUT2D eigenvalue weighted by molar-refractivity contribution is -0.264. The summed E-state index contributed by atoms with van der Waals surface area (Å²) in [6, 6.07) is -0.518. The second-order valence-electron chi connectivity index (χ2n) is 3.05. The molecule has 1 aliphatic rings. The van der Waals surface area contributed by atoms with E-state index >= 15 is 0 Å². The highest BCUT2D eigenvalue weighted by Crippen LogP contribution is 2.08. The van der Waals surface area contributed by atoms with E-state index in [0.29, 0.717) is 0 Å². The molecule has 0 bridgehead atoms. The summed E-state index contributed by atoms with van der Waals surface area (Å²) in [5.74, 6) is -0.288. The van der Waals surface area contributed by atoms with Gasteiger partial charge in [-0.05, 0) is 0 Å². The molecule has 1 fully saturated rings. The monoisotopic (exact) mass is 187 g/mol. The van der Waals surface area contributed by atoms with Gasteiger partial charge in [0.05, 0.1) is 12.1 Å². The van der Waals surface area contributed by atoms with Crippen LogP contribution in [-0.2, 0) is 4.79 Å². The predicted octanol–water partition coefficient (Wildman–Crippen LogP) is -2.49. The Morgan fingerprint density at radius 1 is 1.54 bits per heavy atom. The number of amides is 2. The average molecular weight is 187 g/mol. The molecule has 13 heavy (non-hydrogen) atoms. The maximum Gasteiger partial charge on any atom is 0.217 e. The van der Waals surface area contributed by atoms with Gasteiger partial charge in [-0.1, -0.05) is 0 Å². The van der Waals surface area contributed by atoms with Gasteiger partial charge in [0.15, 0.2) is 0 Å². The van der Waals surface area contributed by atoms with Crippen molar-refractivity contribution < 1.29 is 19.8 Å². The Morgan fingerprint density at radius 3 is 2.54 bits per heavy atom. The molecule has 1 heterocycles. The number of aliphatic hydroxyl groups excluding tert-OH is 1. The van der Waals surface area contributed by atoms with Gasteiger partial charge < -0.3 is 25.2 Å². The molecule has 0 saturated carbocycles. The molecule has 0 aliphatic carbocycles. The maximum atomic E-state index is 10.6. The van der Waals surface area contributed by atoms with Crippen molar-refractivity contribution in [2.24, 2.45) is 0 Å². The summed E-state index contributed by atoms with van der Waals surface area (Å²) in [5.41, 5.74) is 0. The Balaban J connectivity index is 2.51. The standard InChI is InChI=1S/C7H12N2O4/c1-4(10)8-5-2-9(7(12)13)3-6(5)11/h5-6,11H,2-3H2,1H3,(H,8,10)(H,12,13)/p-1. The Kier molecular flexibility index (Phi) is 2.72. The van der Waals surface area contributed by atoms with Crippen LogP contribution in [0.5, 0.6) is 0 Å². The molecule has 0 aromatic rings. The summed E-state index contributed by atoms with van der Waals surface area (Å²) in [4.78, 5) is 22.0. The fourth-order valence-corrected chi connectivity index (χ4v) is 1.34. The molecule has 0 aromatic heterocycles. The Hall–Kier alpha value is -1.30. The topological polar surface area (TPSA) is 92.7 Å². The number of nitrogens with zero attached hydrogens (tertiary/aromatic N) is 1. The summed E-state index contributed by atoms with van der Waals surface area (Å²) in [6.07, 6.45) is -2.17. The van der Waals surface area contributed by atoms with E-state index in [0.717, 1.165) is 4.90 Å². The molecule has 2 unspecified atom stereocenters. The molecule has 0 aromatic carbocycles. The van der Waals surface area contributed by atoms with Crippen LogP contribution in [0.3, 0.4) is 0 Å². The van der Waals surface area contributed by atoms with Crippen molar-refractivity contribution in [3.63, 3.8) is 0 Å². The number of aliphatic hydroxyl groups is 1. The SMILES string of the molecule is CC(=O)NC1CN(C(=O)[O-])CC1O. The summed E-state index contributed by atoms with van der Waals surface area (Å²) in [5, 5.41) is 22.1. The van der Waals surface area contributed by atoms with Gasteiger partial charge >= 0.3 is 0 Å². The number of rotatable bonds is 1. The van der Waals surface area contributed by atoms with Crippen molar-refractivity contribution in [3.8, 4) is 0 Å². The van der Waals surface area contributed by atoms with E-state index in [-0.39, 0.29) is 19.0 Å². The molecule has 6 heteroatoms. The first-order valence-corrected chi connectivity index (χ1v) is 3.92. The molecular formula is C7H11N2O4-. The smallest absolute Gasteiger partial charge is 0.217 e. The maximum absolute atomic E-state index is 10.6. The first-order chi connectivity index (χ1) is 6.00. The van der Waals surface area contributed by atoms with Crippen LogP contribution in [-0.4, -0.2) is 47.2 Å². The molecular weight excluding hydrogens is 176 g/mol. The van der Waals surface area contributed by atoms with Gasteiger partial charge in [-0.25, -0.2) is 0 Å². The second kappa shape index (κ2) is 3.61. The van der Waals surface area contributed by atoms with E-state index in [1.165, 1.54) is 6.92 Å². The van der Waals surface area contributed by atoms with Gasteiger partial charge in [-0.2, -0.15) is 0 Å². The van der Waals surface area contributed by atoms with E-state index in [1.54, 1.807) is 0 Å². The van der Waals surface area contributed by atoms with Crippen molar-refractivity contribution in [2.45, 2.75) is 19.1 Å². The minimum atomic E-state index is -1.33. The Morgan fingerprint density at radius 2 is 2.15 bits per heavy atom. The van der Waals surface area contributed by atoms with Crippen molar-refractivity contribution in [1.82, 2.24) is 10.2 Å². The van der Waals surface area contributed by atoms with Crippen LogP contribution in [0.4, 0.5) is 4.79 Å². The third kappa shape index (κ3) is 2.32. The molecule has 2 amide bonds. The zero-order valence-electron chi connectivity index (χ0n) is 7.19. The summed E-state index contributed by atoms with van der Waals surface area (Å²) < 4.78 is 0. The number of carbonyl (C=O) groups excluding carboxylic acids is 2. The number of β-amino-alcohol motifs (C(OH)–C–C–N with tert-alkyl or cyclic N) is 1. The van der Waals surface area contributed by atoms with Gasteiger partial charge in [0.25, 0.3) is 0 Å². The van der Waals surface area contributed by atoms with Gasteiger partial charge in [-0.15, -0.1) is 0 Å². The highest BCUT2D eigenvalue weighted by Gasteiger charge is 2.31. The van der Waals surface area contributed by atoms with Crippen molar-refractivity contribution >= 4 is 12.0 Å². The molecule has 6 nitrogen and oxygen atoms in total. The number of hydrogen-bond acceptors (Lipinski definition) is 4. The number of hydrogen-bond donors (Lipinski definition) is 2. The number of nitrogens with one attached hydrogen (secondary N) is 1. The third-order valence-electron chi connectivity index (χ3n) is 1.94.